The van der Waals surface area contributed by atoms with Crippen molar-refractivity contribution in [2.24, 2.45) is 0 Å². The molecule has 1 aliphatic heterocycles. The van der Waals surface area contributed by atoms with E-state index in [1.165, 1.54) is 36.4 Å². The summed E-state index contributed by atoms with van der Waals surface area (Å²) in [6.07, 6.45) is 1.70. The van der Waals surface area contributed by atoms with Crippen LogP contribution in [0.4, 0.5) is 0 Å². The third kappa shape index (κ3) is 4.15. The third-order valence-electron chi connectivity index (χ3n) is 3.96. The summed E-state index contributed by atoms with van der Waals surface area (Å²) < 4.78 is 31.9. The molecule has 2 rings (SSSR count). The predicted octanol–water partition coefficient (Wildman–Crippen LogP) is 2.65. The molecule has 6 nitrogen and oxygen atoms in total. The first kappa shape index (κ1) is 18.9. The van der Waals surface area contributed by atoms with Gasteiger partial charge in [0.2, 0.25) is 10.0 Å². The van der Waals surface area contributed by atoms with Gasteiger partial charge < -0.3 is 4.74 Å². The van der Waals surface area contributed by atoms with E-state index in [-0.39, 0.29) is 21.3 Å². The maximum absolute atomic E-state index is 12.7. The lowest BCUT2D eigenvalue weighted by molar-refractivity contribution is -0.124. The van der Waals surface area contributed by atoms with Crippen molar-refractivity contribution in [1.29, 1.82) is 0 Å². The average molecular weight is 374 g/mol. The van der Waals surface area contributed by atoms with Crippen LogP contribution in [0.15, 0.2) is 23.1 Å². The van der Waals surface area contributed by atoms with Crippen molar-refractivity contribution in [3.63, 3.8) is 0 Å². The number of hydrogen-bond acceptors (Lipinski definition) is 5. The molecule has 132 valence electrons. The Hall–Kier alpha value is -1.44. The second kappa shape index (κ2) is 7.63. The van der Waals surface area contributed by atoms with Gasteiger partial charge in [0.25, 0.3) is 0 Å². The third-order valence-corrected chi connectivity index (χ3v) is 6.34. The molecule has 1 saturated heterocycles. The number of carbonyl (C=O) groups excluding carboxylic acids is 2. The lowest BCUT2D eigenvalue weighted by atomic mass is 10.2. The van der Waals surface area contributed by atoms with E-state index in [2.05, 4.69) is 0 Å². The number of piperidine rings is 1. The van der Waals surface area contributed by atoms with Crippen LogP contribution in [0, 0.1) is 0 Å². The molecular formula is C16H20ClNO5S. The molecule has 0 bridgehead atoms. The number of esters is 1. The number of nitrogens with zero attached hydrogens (tertiary/aromatic N) is 1. The molecule has 0 amide bonds. The molecule has 1 aromatic rings. The van der Waals surface area contributed by atoms with Gasteiger partial charge in [-0.25, -0.2) is 13.2 Å². The van der Waals surface area contributed by atoms with Gasteiger partial charge in [0.1, 0.15) is 4.90 Å². The molecule has 1 atom stereocenters. The van der Waals surface area contributed by atoms with E-state index >= 15 is 0 Å². The van der Waals surface area contributed by atoms with Gasteiger partial charge in [0.05, 0.1) is 10.6 Å². The van der Waals surface area contributed by atoms with Crippen LogP contribution in [0.2, 0.25) is 5.02 Å². The topological polar surface area (TPSA) is 80.8 Å². The summed E-state index contributed by atoms with van der Waals surface area (Å²) in [5.41, 5.74) is 0.0445. The molecule has 1 aliphatic rings. The SMILES string of the molecule is CC(=O)[C@H](C)OC(=O)c1ccc(Cl)c(S(=O)(=O)N2CCCCC2)c1. The smallest absolute Gasteiger partial charge is 0.338 e. The molecule has 24 heavy (non-hydrogen) atoms. The van der Waals surface area contributed by atoms with Gasteiger partial charge in [0, 0.05) is 13.1 Å². The number of rotatable bonds is 5. The van der Waals surface area contributed by atoms with E-state index in [1.54, 1.807) is 0 Å². The molecule has 0 N–H and O–H groups in total. The Morgan fingerprint density at radius 3 is 2.42 bits per heavy atom. The zero-order chi connectivity index (χ0) is 17.9. The molecule has 0 unspecified atom stereocenters. The summed E-state index contributed by atoms with van der Waals surface area (Å²) in [4.78, 5) is 23.2. The van der Waals surface area contributed by atoms with Gasteiger partial charge in [-0.15, -0.1) is 0 Å². The van der Waals surface area contributed by atoms with Crippen LogP contribution >= 0.6 is 11.6 Å². The van der Waals surface area contributed by atoms with Crippen LogP contribution in [0.3, 0.4) is 0 Å². The maximum Gasteiger partial charge on any atom is 0.338 e. The first-order chi connectivity index (χ1) is 11.2. The Morgan fingerprint density at radius 1 is 1.21 bits per heavy atom. The highest BCUT2D eigenvalue weighted by Crippen LogP contribution is 2.28. The fourth-order valence-corrected chi connectivity index (χ4v) is 4.40. The monoisotopic (exact) mass is 373 g/mol. The molecule has 0 aromatic heterocycles. The zero-order valence-electron chi connectivity index (χ0n) is 13.6. The van der Waals surface area contributed by atoms with Crippen molar-refractivity contribution in [3.8, 4) is 0 Å². The molecule has 1 fully saturated rings. The van der Waals surface area contributed by atoms with E-state index < -0.39 is 22.1 Å². The van der Waals surface area contributed by atoms with Gasteiger partial charge in [-0.2, -0.15) is 4.31 Å². The van der Waals surface area contributed by atoms with Gasteiger partial charge in [-0.05, 0) is 44.9 Å². The number of sulfonamides is 1. The minimum absolute atomic E-state index is 0.0445. The Bertz CT molecular complexity index is 741. The number of carbonyl (C=O) groups is 2. The van der Waals surface area contributed by atoms with Crippen LogP contribution in [0.1, 0.15) is 43.5 Å². The van der Waals surface area contributed by atoms with Crippen molar-refractivity contribution in [1.82, 2.24) is 4.31 Å². The second-order valence-corrected chi connectivity index (χ2v) is 8.08. The molecule has 1 aromatic carbocycles. The first-order valence-electron chi connectivity index (χ1n) is 7.74. The van der Waals surface area contributed by atoms with Crippen LogP contribution in [-0.4, -0.2) is 43.7 Å². The van der Waals surface area contributed by atoms with Crippen molar-refractivity contribution in [2.75, 3.05) is 13.1 Å². The van der Waals surface area contributed by atoms with Crippen LogP contribution in [0.5, 0.6) is 0 Å². The first-order valence-corrected chi connectivity index (χ1v) is 9.56. The van der Waals surface area contributed by atoms with Gasteiger partial charge in [0.15, 0.2) is 11.9 Å². The summed E-state index contributed by atoms with van der Waals surface area (Å²) in [5.74, 6) is -1.05. The Morgan fingerprint density at radius 2 is 1.83 bits per heavy atom. The standard InChI is InChI=1S/C16H20ClNO5S/c1-11(19)12(2)23-16(20)13-6-7-14(17)15(10-13)24(21,22)18-8-4-3-5-9-18/h6-7,10,12H,3-5,8-9H2,1-2H3/t12-/m0/s1. The van der Waals surface area contributed by atoms with E-state index in [1.807, 2.05) is 0 Å². The number of ketones is 1. The van der Waals surface area contributed by atoms with Crippen molar-refractivity contribution in [3.05, 3.63) is 28.8 Å². The van der Waals surface area contributed by atoms with Gasteiger partial charge in [-0.1, -0.05) is 18.0 Å². The highest BCUT2D eigenvalue weighted by Gasteiger charge is 2.29. The predicted molar refractivity (Wildman–Crippen MR) is 89.6 cm³/mol. The molecule has 0 saturated carbocycles. The van der Waals surface area contributed by atoms with E-state index in [4.69, 9.17) is 16.3 Å². The van der Waals surface area contributed by atoms with Crippen molar-refractivity contribution < 1.29 is 22.7 Å². The summed E-state index contributed by atoms with van der Waals surface area (Å²) in [7, 11) is -3.77. The Kier molecular flexibility index (Phi) is 6.01. The van der Waals surface area contributed by atoms with E-state index in [0.717, 1.165) is 19.3 Å². The second-order valence-electron chi connectivity index (χ2n) is 5.77. The number of hydrogen-bond donors (Lipinski definition) is 0. The highest BCUT2D eigenvalue weighted by atomic mass is 35.5. The van der Waals surface area contributed by atoms with Crippen LogP contribution in [-0.2, 0) is 19.6 Å². The minimum atomic E-state index is -3.77. The molecule has 0 aliphatic carbocycles. The number of ether oxygens (including phenoxy) is 1. The number of benzene rings is 1. The summed E-state index contributed by atoms with van der Waals surface area (Å²) in [6.45, 7) is 3.65. The number of halogens is 1. The van der Waals surface area contributed by atoms with Crippen molar-refractivity contribution in [2.45, 2.75) is 44.1 Å². The lowest BCUT2D eigenvalue weighted by Crippen LogP contribution is -2.35. The lowest BCUT2D eigenvalue weighted by Gasteiger charge is -2.26. The zero-order valence-corrected chi connectivity index (χ0v) is 15.2. The summed E-state index contributed by atoms with van der Waals surface area (Å²) in [6, 6.07) is 3.95. The van der Waals surface area contributed by atoms with Crippen LogP contribution in [0.25, 0.3) is 0 Å². The molecule has 0 radical (unpaired) electrons. The molecule has 0 spiro atoms. The minimum Gasteiger partial charge on any atom is -0.451 e. The quantitative estimate of drug-likeness (QED) is 0.741. The summed E-state index contributed by atoms with van der Waals surface area (Å²) >= 11 is 6.05. The highest BCUT2D eigenvalue weighted by molar-refractivity contribution is 7.89. The van der Waals surface area contributed by atoms with Gasteiger partial charge >= 0.3 is 5.97 Å². The fraction of sp³-hybridized carbons (Fsp3) is 0.500. The van der Waals surface area contributed by atoms with E-state index in [0.29, 0.717) is 13.1 Å². The fourth-order valence-electron chi connectivity index (χ4n) is 2.38. The summed E-state index contributed by atoms with van der Waals surface area (Å²) in [5, 5.41) is 0.0525. The average Bonchev–Trinajstić information content (AvgIpc) is 2.55. The maximum atomic E-state index is 12.7. The van der Waals surface area contributed by atoms with Gasteiger partial charge in [-0.3, -0.25) is 4.79 Å². The molecule has 8 heteroatoms. The number of Topliss-reactive ketones (excluding diaryl/α,β-unsaturated/α-hetero) is 1. The molecular weight excluding hydrogens is 354 g/mol. The normalized spacial score (nSPS) is 17.3. The van der Waals surface area contributed by atoms with Crippen molar-refractivity contribution >= 4 is 33.4 Å². The van der Waals surface area contributed by atoms with Crippen LogP contribution < -0.4 is 0 Å². The largest absolute Gasteiger partial charge is 0.451 e. The Balaban J connectivity index is 2.31. The van der Waals surface area contributed by atoms with E-state index in [9.17, 15) is 18.0 Å². The molecule has 1 heterocycles. The Labute approximate surface area is 146 Å².